The van der Waals surface area contributed by atoms with E-state index in [-0.39, 0.29) is 11.7 Å². The Kier molecular flexibility index (Phi) is 5.97. The third kappa shape index (κ3) is 4.59. The fourth-order valence-electron chi connectivity index (χ4n) is 2.52. The molecule has 0 aliphatic rings. The second-order valence-electron chi connectivity index (χ2n) is 5.81. The van der Waals surface area contributed by atoms with Crippen LogP contribution in [0.5, 0.6) is 5.75 Å². The zero-order valence-corrected chi connectivity index (χ0v) is 16.0. The fourth-order valence-corrected chi connectivity index (χ4v) is 3.18. The number of aromatic nitrogens is 3. The van der Waals surface area contributed by atoms with Gasteiger partial charge in [0.15, 0.2) is 5.82 Å². The Morgan fingerprint density at radius 1 is 1.22 bits per heavy atom. The number of nitrogens with zero attached hydrogens (tertiary/aromatic N) is 3. The number of nitrogens with two attached hydrogens (primary N) is 1. The second kappa shape index (κ2) is 8.59. The summed E-state index contributed by atoms with van der Waals surface area (Å²) in [6, 6.07) is 15.2. The Morgan fingerprint density at radius 3 is 2.81 bits per heavy atom. The van der Waals surface area contributed by atoms with Gasteiger partial charge in [-0.25, -0.2) is 4.68 Å². The number of anilines is 1. The predicted molar refractivity (Wildman–Crippen MR) is 107 cm³/mol. The first-order valence-corrected chi connectivity index (χ1v) is 9.49. The average Bonchev–Trinajstić information content (AvgIpc) is 3.02. The zero-order valence-electron chi connectivity index (χ0n) is 15.2. The Bertz CT molecular complexity index is 941. The van der Waals surface area contributed by atoms with Crippen LogP contribution in [0.4, 0.5) is 5.69 Å². The van der Waals surface area contributed by atoms with Gasteiger partial charge in [0, 0.05) is 5.56 Å². The molecule has 7 nitrogen and oxygen atoms in total. The number of carbonyl (C=O) groups is 1. The summed E-state index contributed by atoms with van der Waals surface area (Å²) in [5.74, 6) is 7.29. The second-order valence-corrected chi connectivity index (χ2v) is 6.75. The van der Waals surface area contributed by atoms with Crippen molar-refractivity contribution in [2.45, 2.75) is 19.0 Å². The molecule has 0 saturated heterocycles. The molecule has 140 valence electrons. The number of benzene rings is 2. The molecule has 2 aromatic carbocycles. The molecule has 0 unspecified atom stereocenters. The summed E-state index contributed by atoms with van der Waals surface area (Å²) >= 11 is 1.22. The third-order valence-corrected chi connectivity index (χ3v) is 4.68. The maximum atomic E-state index is 12.3. The standard InChI is InChI=1S/C19H21N5O2S/c1-3-26-16-10-5-4-9-15(16)21-17(25)12-27-19-23-22-18(24(19)20)14-8-6-7-13(2)11-14/h4-11H,3,12,20H2,1-2H3,(H,21,25). The topological polar surface area (TPSA) is 95.1 Å². The molecular formula is C19H21N5O2S. The van der Waals surface area contributed by atoms with Gasteiger partial charge in [0.25, 0.3) is 0 Å². The molecule has 8 heteroatoms. The third-order valence-electron chi connectivity index (χ3n) is 3.73. The van der Waals surface area contributed by atoms with Crippen LogP contribution in [0.15, 0.2) is 53.7 Å². The number of para-hydroxylation sites is 2. The lowest BCUT2D eigenvalue weighted by atomic mass is 10.1. The van der Waals surface area contributed by atoms with Crippen LogP contribution in [-0.4, -0.2) is 33.1 Å². The number of nitrogen functional groups attached to an aromatic ring is 1. The molecule has 27 heavy (non-hydrogen) atoms. The highest BCUT2D eigenvalue weighted by Gasteiger charge is 2.14. The fraction of sp³-hybridized carbons (Fsp3) is 0.211. The molecule has 0 saturated carbocycles. The van der Waals surface area contributed by atoms with Crippen molar-refractivity contribution in [3.05, 3.63) is 54.1 Å². The van der Waals surface area contributed by atoms with E-state index in [0.717, 1.165) is 11.1 Å². The lowest BCUT2D eigenvalue weighted by Gasteiger charge is -2.11. The molecule has 1 heterocycles. The maximum absolute atomic E-state index is 12.3. The van der Waals surface area contributed by atoms with Crippen molar-refractivity contribution < 1.29 is 9.53 Å². The number of carbonyl (C=O) groups excluding carboxylic acids is 1. The van der Waals surface area contributed by atoms with Crippen molar-refractivity contribution in [3.8, 4) is 17.1 Å². The summed E-state index contributed by atoms with van der Waals surface area (Å²) in [4.78, 5) is 12.3. The van der Waals surface area contributed by atoms with Crippen LogP contribution < -0.4 is 15.9 Å². The summed E-state index contributed by atoms with van der Waals surface area (Å²) in [7, 11) is 0. The minimum atomic E-state index is -0.174. The van der Waals surface area contributed by atoms with Gasteiger partial charge in [-0.2, -0.15) is 0 Å². The highest BCUT2D eigenvalue weighted by atomic mass is 32.2. The molecule has 0 atom stereocenters. The predicted octanol–water partition coefficient (Wildman–Crippen LogP) is 3.10. The summed E-state index contributed by atoms with van der Waals surface area (Å²) in [6.07, 6.45) is 0. The van der Waals surface area contributed by atoms with E-state index in [4.69, 9.17) is 10.6 Å². The van der Waals surface area contributed by atoms with Crippen molar-refractivity contribution in [3.63, 3.8) is 0 Å². The molecule has 0 aliphatic carbocycles. The lowest BCUT2D eigenvalue weighted by molar-refractivity contribution is -0.113. The van der Waals surface area contributed by atoms with Crippen LogP contribution >= 0.6 is 11.8 Å². The van der Waals surface area contributed by atoms with Gasteiger partial charge in [0.2, 0.25) is 11.1 Å². The van der Waals surface area contributed by atoms with E-state index in [2.05, 4.69) is 15.5 Å². The molecule has 0 radical (unpaired) electrons. The van der Waals surface area contributed by atoms with Gasteiger partial charge in [-0.05, 0) is 32.0 Å². The Balaban J connectivity index is 1.65. The maximum Gasteiger partial charge on any atom is 0.234 e. The van der Waals surface area contributed by atoms with Gasteiger partial charge >= 0.3 is 0 Å². The largest absolute Gasteiger partial charge is 0.492 e. The van der Waals surface area contributed by atoms with Gasteiger partial charge in [-0.1, -0.05) is 47.7 Å². The van der Waals surface area contributed by atoms with Gasteiger partial charge in [0.05, 0.1) is 18.0 Å². The number of hydrogen-bond acceptors (Lipinski definition) is 6. The van der Waals surface area contributed by atoms with E-state index in [1.807, 2.05) is 56.3 Å². The average molecular weight is 383 g/mol. The molecule has 1 amide bonds. The first kappa shape index (κ1) is 18.8. The number of rotatable bonds is 7. The number of amides is 1. The van der Waals surface area contributed by atoms with E-state index in [1.54, 1.807) is 6.07 Å². The number of ether oxygens (including phenoxy) is 1. The Morgan fingerprint density at radius 2 is 2.04 bits per heavy atom. The molecule has 1 aromatic heterocycles. The smallest absolute Gasteiger partial charge is 0.234 e. The minimum Gasteiger partial charge on any atom is -0.492 e. The molecule has 3 N–H and O–H groups in total. The highest BCUT2D eigenvalue weighted by molar-refractivity contribution is 7.99. The molecule has 3 rings (SSSR count). The van der Waals surface area contributed by atoms with Crippen molar-refractivity contribution in [1.29, 1.82) is 0 Å². The zero-order chi connectivity index (χ0) is 19.2. The SMILES string of the molecule is CCOc1ccccc1NC(=O)CSc1nnc(-c2cccc(C)c2)n1N. The van der Waals surface area contributed by atoms with Gasteiger partial charge in [-0.3, -0.25) is 4.79 Å². The van der Waals surface area contributed by atoms with E-state index >= 15 is 0 Å². The van der Waals surface area contributed by atoms with Gasteiger partial charge in [-0.15, -0.1) is 10.2 Å². The number of nitrogens with one attached hydrogen (secondary N) is 1. The number of hydrogen-bond donors (Lipinski definition) is 2. The Hall–Kier alpha value is -3.00. The number of aryl methyl sites for hydroxylation is 1. The normalized spacial score (nSPS) is 10.6. The summed E-state index contributed by atoms with van der Waals surface area (Å²) in [5.41, 5.74) is 2.63. The van der Waals surface area contributed by atoms with Crippen LogP contribution in [0.2, 0.25) is 0 Å². The minimum absolute atomic E-state index is 0.156. The van der Waals surface area contributed by atoms with Crippen LogP contribution in [0, 0.1) is 6.92 Å². The van der Waals surface area contributed by atoms with Gasteiger partial charge in [0.1, 0.15) is 5.75 Å². The quantitative estimate of drug-likeness (QED) is 0.481. The number of thioether (sulfide) groups is 1. The molecule has 3 aromatic rings. The van der Waals surface area contributed by atoms with E-state index in [0.29, 0.717) is 29.0 Å². The van der Waals surface area contributed by atoms with Crippen molar-refractivity contribution in [2.24, 2.45) is 0 Å². The van der Waals surface area contributed by atoms with E-state index < -0.39 is 0 Å². The molecule has 0 bridgehead atoms. The van der Waals surface area contributed by atoms with Crippen LogP contribution in [-0.2, 0) is 4.79 Å². The van der Waals surface area contributed by atoms with Crippen molar-refractivity contribution >= 4 is 23.4 Å². The monoisotopic (exact) mass is 383 g/mol. The molecular weight excluding hydrogens is 362 g/mol. The molecule has 0 spiro atoms. The van der Waals surface area contributed by atoms with Crippen LogP contribution in [0.1, 0.15) is 12.5 Å². The first-order chi connectivity index (χ1) is 13.1. The van der Waals surface area contributed by atoms with Gasteiger partial charge < -0.3 is 15.9 Å². The van der Waals surface area contributed by atoms with E-state index in [9.17, 15) is 4.79 Å². The summed E-state index contributed by atoms with van der Waals surface area (Å²) in [5, 5.41) is 11.6. The van der Waals surface area contributed by atoms with Crippen molar-refractivity contribution in [1.82, 2.24) is 14.9 Å². The van der Waals surface area contributed by atoms with Crippen LogP contribution in [0.3, 0.4) is 0 Å². The summed E-state index contributed by atoms with van der Waals surface area (Å²) < 4.78 is 6.92. The van der Waals surface area contributed by atoms with Crippen LogP contribution in [0.25, 0.3) is 11.4 Å². The van der Waals surface area contributed by atoms with E-state index in [1.165, 1.54) is 16.4 Å². The summed E-state index contributed by atoms with van der Waals surface area (Å²) in [6.45, 7) is 4.43. The molecule has 0 aliphatic heterocycles. The molecule has 0 fully saturated rings. The highest BCUT2D eigenvalue weighted by Crippen LogP contribution is 2.25. The lowest BCUT2D eigenvalue weighted by Crippen LogP contribution is -2.17. The van der Waals surface area contributed by atoms with Crippen molar-refractivity contribution in [2.75, 3.05) is 23.5 Å². The Labute approximate surface area is 161 Å². The first-order valence-electron chi connectivity index (χ1n) is 8.50.